The van der Waals surface area contributed by atoms with Gasteiger partial charge in [-0.2, -0.15) is 11.8 Å². The number of rotatable bonds is 35. The second-order valence-corrected chi connectivity index (χ2v) is 20.4. The second kappa shape index (κ2) is 33.5. The second-order valence-electron chi connectivity index (χ2n) is 19.5. The van der Waals surface area contributed by atoms with Gasteiger partial charge in [0.2, 0.25) is 47.3 Å². The molecule has 3 aromatic rings. The van der Waals surface area contributed by atoms with E-state index < -0.39 is 126 Å². The number of carboxylic acid groups (broad SMARTS) is 2. The highest BCUT2D eigenvalue weighted by atomic mass is 32.2. The summed E-state index contributed by atoms with van der Waals surface area (Å²) in [5.41, 5.74) is 13.5. The van der Waals surface area contributed by atoms with E-state index in [2.05, 4.69) is 52.5 Å². The Balaban J connectivity index is 1.79. The van der Waals surface area contributed by atoms with Crippen molar-refractivity contribution in [2.24, 2.45) is 23.3 Å². The zero-order chi connectivity index (χ0) is 57.9. The Bertz CT molecular complexity index is 2450. The molecule has 26 heteroatoms. The molecule has 16 N–H and O–H groups in total. The topological polar surface area (TPSA) is 408 Å². The molecule has 2 aromatic carbocycles. The summed E-state index contributed by atoms with van der Waals surface area (Å²) in [4.78, 5) is 141. The fourth-order valence-electron chi connectivity index (χ4n) is 7.89. The van der Waals surface area contributed by atoms with Gasteiger partial charge >= 0.3 is 11.9 Å². The SMILES string of the molecule is CSCCC(NC(=O)C(Cc1cnc[nH]1)NC(=O)CNC(=O)C(CCCCN)NC(=O)C(CC(=O)O)NC(=O)C(CC(C)C)NC(=O)C(N)Cc1ccccc1)C(=O)NC(Cc1ccc(O)cc1)C(=O)NC(C(=O)O)C(C)C. The van der Waals surface area contributed by atoms with Crippen molar-refractivity contribution < 1.29 is 63.3 Å². The fourth-order valence-corrected chi connectivity index (χ4v) is 8.36. The van der Waals surface area contributed by atoms with Crippen LogP contribution in [0.3, 0.4) is 0 Å². The van der Waals surface area contributed by atoms with Crippen molar-refractivity contribution in [2.45, 2.75) is 134 Å². The molecule has 0 bridgehead atoms. The predicted octanol–water partition coefficient (Wildman–Crippen LogP) is -0.876. The molecule has 0 saturated heterocycles. The maximum Gasteiger partial charge on any atom is 0.326 e. The molecule has 0 aliphatic carbocycles. The number of imidazole rings is 1. The number of phenolic OH excluding ortho intramolecular Hbond substituents is 1. The molecule has 0 radical (unpaired) electrons. The van der Waals surface area contributed by atoms with Crippen LogP contribution >= 0.6 is 11.8 Å². The minimum absolute atomic E-state index is 0.0326. The zero-order valence-electron chi connectivity index (χ0n) is 44.5. The monoisotopic (exact) mass is 1110 g/mol. The summed E-state index contributed by atoms with van der Waals surface area (Å²) < 4.78 is 0. The van der Waals surface area contributed by atoms with Crippen molar-refractivity contribution >= 4 is 71.0 Å². The number of amides is 8. The summed E-state index contributed by atoms with van der Waals surface area (Å²) >= 11 is 1.36. The number of benzene rings is 2. The van der Waals surface area contributed by atoms with Crippen LogP contribution in [0.5, 0.6) is 5.75 Å². The first-order chi connectivity index (χ1) is 37.0. The van der Waals surface area contributed by atoms with E-state index in [4.69, 9.17) is 11.5 Å². The van der Waals surface area contributed by atoms with E-state index in [-0.39, 0.29) is 56.7 Å². The number of carbonyl (C=O) groups is 10. The average Bonchev–Trinajstić information content (AvgIpc) is 3.92. The number of aromatic amines is 1. The van der Waals surface area contributed by atoms with Gasteiger partial charge in [-0.3, -0.25) is 43.2 Å². The molecule has 0 aliphatic heterocycles. The Hall–Kier alpha value is -7.58. The number of nitrogens with zero attached hydrogens (tertiary/aromatic N) is 1. The van der Waals surface area contributed by atoms with Gasteiger partial charge in [0.1, 0.15) is 48.0 Å². The third kappa shape index (κ3) is 23.3. The lowest BCUT2D eigenvalue weighted by atomic mass is 10.0. The maximum absolute atomic E-state index is 14.1. The van der Waals surface area contributed by atoms with Gasteiger partial charge < -0.3 is 74.3 Å². The Kier molecular flexibility index (Phi) is 27.8. The van der Waals surface area contributed by atoms with Crippen LogP contribution in [0.15, 0.2) is 67.1 Å². The van der Waals surface area contributed by atoms with E-state index in [9.17, 15) is 63.3 Å². The highest BCUT2D eigenvalue weighted by Crippen LogP contribution is 2.14. The number of carbonyl (C=O) groups excluding carboxylic acids is 8. The fraction of sp³-hybridized carbons (Fsp3) is 0.519. The lowest BCUT2D eigenvalue weighted by molar-refractivity contribution is -0.143. The Labute approximate surface area is 457 Å². The van der Waals surface area contributed by atoms with Crippen LogP contribution in [-0.4, -0.2) is 158 Å². The molecule has 1 aromatic heterocycles. The summed E-state index contributed by atoms with van der Waals surface area (Å²) in [5, 5.41) is 49.7. The number of aromatic nitrogens is 2. The lowest BCUT2D eigenvalue weighted by Crippen LogP contribution is -2.59. The molecule has 0 fully saturated rings. The van der Waals surface area contributed by atoms with Crippen LogP contribution in [0.4, 0.5) is 0 Å². The van der Waals surface area contributed by atoms with Crippen LogP contribution in [0.2, 0.25) is 0 Å². The van der Waals surface area contributed by atoms with E-state index in [1.54, 1.807) is 64.3 Å². The van der Waals surface area contributed by atoms with E-state index in [1.165, 1.54) is 48.6 Å². The molecular formula is C52H76N12O13S. The van der Waals surface area contributed by atoms with E-state index in [0.29, 0.717) is 29.9 Å². The minimum atomic E-state index is -1.73. The Morgan fingerprint density at radius 3 is 1.76 bits per heavy atom. The smallest absolute Gasteiger partial charge is 0.326 e. The van der Waals surface area contributed by atoms with Gasteiger partial charge in [0, 0.05) is 24.7 Å². The molecule has 8 atom stereocenters. The quantitative estimate of drug-likeness (QED) is 0.0318. The number of unbranched alkanes of at least 4 members (excludes halogenated alkanes) is 1. The maximum atomic E-state index is 14.1. The van der Waals surface area contributed by atoms with Crippen molar-refractivity contribution in [1.82, 2.24) is 52.5 Å². The Morgan fingerprint density at radius 2 is 1.18 bits per heavy atom. The van der Waals surface area contributed by atoms with Gasteiger partial charge in [-0.25, -0.2) is 9.78 Å². The number of hydrogen-bond acceptors (Lipinski definition) is 15. The molecule has 8 amide bonds. The first kappa shape index (κ1) is 64.7. The Morgan fingerprint density at radius 1 is 0.628 bits per heavy atom. The number of phenols is 1. The minimum Gasteiger partial charge on any atom is -0.508 e. The van der Waals surface area contributed by atoms with Gasteiger partial charge in [-0.1, -0.05) is 70.2 Å². The van der Waals surface area contributed by atoms with E-state index >= 15 is 0 Å². The number of thioether (sulfide) groups is 1. The van der Waals surface area contributed by atoms with Gasteiger partial charge in [0.05, 0.1) is 25.3 Å². The highest BCUT2D eigenvalue weighted by Gasteiger charge is 2.35. The number of carboxylic acids is 2. The molecule has 0 saturated carbocycles. The third-order valence-electron chi connectivity index (χ3n) is 12.1. The number of aliphatic carboxylic acids is 2. The molecule has 0 aliphatic rings. The van der Waals surface area contributed by atoms with Crippen molar-refractivity contribution in [1.29, 1.82) is 0 Å². The largest absolute Gasteiger partial charge is 0.508 e. The number of H-pyrrole nitrogens is 1. The van der Waals surface area contributed by atoms with E-state index in [1.807, 2.05) is 0 Å². The lowest BCUT2D eigenvalue weighted by Gasteiger charge is -2.27. The van der Waals surface area contributed by atoms with Gasteiger partial charge in [-0.05, 0) is 92.2 Å². The first-order valence-corrected chi connectivity index (χ1v) is 27.0. The molecule has 428 valence electrons. The number of nitrogens with one attached hydrogen (secondary N) is 9. The molecule has 78 heavy (non-hydrogen) atoms. The van der Waals surface area contributed by atoms with Crippen LogP contribution in [-0.2, 0) is 67.2 Å². The van der Waals surface area contributed by atoms with Gasteiger partial charge in [0.25, 0.3) is 0 Å². The summed E-state index contributed by atoms with van der Waals surface area (Å²) in [6.45, 7) is 6.26. The normalized spacial score (nSPS) is 14.2. The van der Waals surface area contributed by atoms with Crippen LogP contribution in [0.1, 0.15) is 83.0 Å². The summed E-state index contributed by atoms with van der Waals surface area (Å²) in [6.07, 6.45) is 4.27. The summed E-state index contributed by atoms with van der Waals surface area (Å²) in [6, 6.07) is 4.05. The van der Waals surface area contributed by atoms with Crippen molar-refractivity contribution in [3.63, 3.8) is 0 Å². The highest BCUT2D eigenvalue weighted by molar-refractivity contribution is 7.98. The molecule has 8 unspecified atom stereocenters. The molecule has 3 rings (SSSR count). The van der Waals surface area contributed by atoms with Crippen LogP contribution < -0.4 is 54.0 Å². The van der Waals surface area contributed by atoms with Gasteiger partial charge in [-0.15, -0.1) is 0 Å². The number of hydrogen-bond donors (Lipinski definition) is 14. The van der Waals surface area contributed by atoms with E-state index in [0.717, 1.165) is 5.56 Å². The van der Waals surface area contributed by atoms with Crippen molar-refractivity contribution in [3.8, 4) is 5.75 Å². The van der Waals surface area contributed by atoms with Gasteiger partial charge in [0.15, 0.2) is 0 Å². The first-order valence-electron chi connectivity index (χ1n) is 25.6. The number of aromatic hydroxyl groups is 1. The summed E-state index contributed by atoms with van der Waals surface area (Å²) in [7, 11) is 0. The molecule has 1 heterocycles. The third-order valence-corrected chi connectivity index (χ3v) is 12.7. The standard InChI is InChI=1S/C52H76N12O13S/c1-29(2)21-38(61-45(69)35(54)22-31-11-7-6-8-12-31)48(72)63-41(25-43(67)68)50(74)59-36(13-9-10-19-53)46(70)56-27-42(66)58-40(24-33-26-55-28-57-33)49(73)60-37(18-20-78-5)47(71)62-39(23-32-14-16-34(65)17-15-32)51(75)64-44(30(3)4)52(76)77/h6-8,11-12,14-17,26,28-30,35-41,44,65H,9-10,13,18-25,27,53-54H2,1-5H3,(H,55,57)(H,56,70)(H,58,66)(H,59,74)(H,60,73)(H,61,69)(H,62,71)(H,63,72)(H,64,75)(H,67,68)(H,76,77). The van der Waals surface area contributed by atoms with Crippen molar-refractivity contribution in [3.05, 3.63) is 83.9 Å². The number of nitrogens with two attached hydrogens (primary N) is 2. The molecular weight excluding hydrogens is 1030 g/mol. The van der Waals surface area contributed by atoms with Crippen LogP contribution in [0.25, 0.3) is 0 Å². The summed E-state index contributed by atoms with van der Waals surface area (Å²) in [5.74, 6) is -9.95. The molecule has 25 nitrogen and oxygen atoms in total. The molecule has 0 spiro atoms. The van der Waals surface area contributed by atoms with Crippen molar-refractivity contribution in [2.75, 3.05) is 25.1 Å². The van der Waals surface area contributed by atoms with Crippen LogP contribution in [0, 0.1) is 11.8 Å². The zero-order valence-corrected chi connectivity index (χ0v) is 45.4. The predicted molar refractivity (Wildman–Crippen MR) is 289 cm³/mol. The average molecular weight is 1110 g/mol.